The number of halogens is 3. The lowest BCUT2D eigenvalue weighted by Gasteiger charge is -2.12. The van der Waals surface area contributed by atoms with Crippen LogP contribution in [0.1, 0.15) is 16.5 Å². The van der Waals surface area contributed by atoms with Crippen LogP contribution in [0.15, 0.2) is 48.5 Å². The molecule has 0 spiro atoms. The molecular formula is C14H11Cl2F. The van der Waals surface area contributed by atoms with E-state index in [9.17, 15) is 4.39 Å². The van der Waals surface area contributed by atoms with Crippen LogP contribution >= 0.6 is 23.2 Å². The molecule has 0 aliphatic heterocycles. The van der Waals surface area contributed by atoms with Gasteiger partial charge in [0.05, 0.1) is 5.38 Å². The molecule has 0 saturated heterocycles. The molecule has 0 fully saturated rings. The van der Waals surface area contributed by atoms with Crippen molar-refractivity contribution in [1.29, 1.82) is 0 Å². The summed E-state index contributed by atoms with van der Waals surface area (Å²) in [4.78, 5) is 0. The highest BCUT2D eigenvalue weighted by molar-refractivity contribution is 6.32. The van der Waals surface area contributed by atoms with Crippen molar-refractivity contribution < 1.29 is 4.39 Å². The van der Waals surface area contributed by atoms with Crippen molar-refractivity contribution in [2.45, 2.75) is 11.8 Å². The second-order valence-corrected chi connectivity index (χ2v) is 4.72. The van der Waals surface area contributed by atoms with E-state index in [4.69, 9.17) is 23.2 Å². The van der Waals surface area contributed by atoms with Gasteiger partial charge in [-0.2, -0.15) is 0 Å². The standard InChI is InChI=1S/C14H11Cl2F/c15-12-7-3-2-6-11(12)13(16)9-10-5-1-4-8-14(10)17/h1-8,13H,9H2. The number of hydrogen-bond acceptors (Lipinski definition) is 0. The Hall–Kier alpha value is -1.05. The molecule has 0 saturated carbocycles. The smallest absolute Gasteiger partial charge is 0.126 e. The van der Waals surface area contributed by atoms with Gasteiger partial charge in [-0.15, -0.1) is 11.6 Å². The SMILES string of the molecule is Fc1ccccc1CC(Cl)c1ccccc1Cl. The molecule has 3 heteroatoms. The van der Waals surface area contributed by atoms with E-state index in [1.807, 2.05) is 18.2 Å². The van der Waals surface area contributed by atoms with E-state index in [1.165, 1.54) is 6.07 Å². The molecule has 0 nitrogen and oxygen atoms in total. The van der Waals surface area contributed by atoms with Gasteiger partial charge in [-0.3, -0.25) is 0 Å². The van der Waals surface area contributed by atoms with Crippen LogP contribution in [-0.4, -0.2) is 0 Å². The molecule has 2 rings (SSSR count). The summed E-state index contributed by atoms with van der Waals surface area (Å²) in [6, 6.07) is 14.0. The summed E-state index contributed by atoms with van der Waals surface area (Å²) in [6.45, 7) is 0. The molecule has 88 valence electrons. The Labute approximate surface area is 110 Å². The van der Waals surface area contributed by atoms with Crippen molar-refractivity contribution in [2.24, 2.45) is 0 Å². The van der Waals surface area contributed by atoms with E-state index in [0.29, 0.717) is 17.0 Å². The summed E-state index contributed by atoms with van der Waals surface area (Å²) < 4.78 is 13.5. The average Bonchev–Trinajstić information content (AvgIpc) is 2.32. The lowest BCUT2D eigenvalue weighted by atomic mass is 10.0. The van der Waals surface area contributed by atoms with E-state index >= 15 is 0 Å². The molecular weight excluding hydrogens is 258 g/mol. The monoisotopic (exact) mass is 268 g/mol. The molecule has 0 heterocycles. The molecule has 1 unspecified atom stereocenters. The van der Waals surface area contributed by atoms with E-state index in [-0.39, 0.29) is 11.2 Å². The maximum atomic E-state index is 13.5. The quantitative estimate of drug-likeness (QED) is 0.688. The minimum Gasteiger partial charge on any atom is -0.207 e. The van der Waals surface area contributed by atoms with Crippen molar-refractivity contribution in [3.05, 3.63) is 70.5 Å². The second kappa shape index (κ2) is 5.52. The third kappa shape index (κ3) is 2.99. The van der Waals surface area contributed by atoms with Crippen molar-refractivity contribution >= 4 is 23.2 Å². The lowest BCUT2D eigenvalue weighted by molar-refractivity contribution is 0.607. The molecule has 0 N–H and O–H groups in total. The van der Waals surface area contributed by atoms with Crippen LogP contribution in [0.4, 0.5) is 4.39 Å². The fraction of sp³-hybridized carbons (Fsp3) is 0.143. The van der Waals surface area contributed by atoms with Crippen LogP contribution in [0, 0.1) is 5.82 Å². The lowest BCUT2D eigenvalue weighted by Crippen LogP contribution is -1.99. The van der Waals surface area contributed by atoms with Crippen molar-refractivity contribution in [3.8, 4) is 0 Å². The van der Waals surface area contributed by atoms with Gasteiger partial charge in [0.25, 0.3) is 0 Å². The van der Waals surface area contributed by atoms with Crippen LogP contribution in [-0.2, 0) is 6.42 Å². The predicted molar refractivity (Wildman–Crippen MR) is 70.2 cm³/mol. The van der Waals surface area contributed by atoms with Gasteiger partial charge in [-0.05, 0) is 29.7 Å². The van der Waals surface area contributed by atoms with E-state index in [1.54, 1.807) is 24.3 Å². The van der Waals surface area contributed by atoms with Crippen LogP contribution in [0.25, 0.3) is 0 Å². The Morgan fingerprint density at radius 2 is 1.65 bits per heavy atom. The summed E-state index contributed by atoms with van der Waals surface area (Å²) in [5.74, 6) is -0.231. The Bertz CT molecular complexity index is 511. The zero-order valence-corrected chi connectivity index (χ0v) is 10.5. The van der Waals surface area contributed by atoms with Crippen molar-refractivity contribution in [1.82, 2.24) is 0 Å². The van der Waals surface area contributed by atoms with Gasteiger partial charge in [0.15, 0.2) is 0 Å². The summed E-state index contributed by atoms with van der Waals surface area (Å²) in [6.07, 6.45) is 0.429. The molecule has 17 heavy (non-hydrogen) atoms. The van der Waals surface area contributed by atoms with Gasteiger partial charge < -0.3 is 0 Å². The van der Waals surface area contributed by atoms with Gasteiger partial charge in [-0.1, -0.05) is 48.0 Å². The van der Waals surface area contributed by atoms with Crippen molar-refractivity contribution in [3.63, 3.8) is 0 Å². The third-order valence-electron chi connectivity index (χ3n) is 2.60. The maximum Gasteiger partial charge on any atom is 0.126 e. The summed E-state index contributed by atoms with van der Waals surface area (Å²) >= 11 is 12.3. The van der Waals surface area contributed by atoms with Gasteiger partial charge in [0.1, 0.15) is 5.82 Å². The molecule has 0 bridgehead atoms. The van der Waals surface area contributed by atoms with Crippen LogP contribution in [0.3, 0.4) is 0 Å². The van der Waals surface area contributed by atoms with E-state index < -0.39 is 0 Å². The zero-order chi connectivity index (χ0) is 12.3. The van der Waals surface area contributed by atoms with Gasteiger partial charge in [0, 0.05) is 5.02 Å². The summed E-state index contributed by atoms with van der Waals surface area (Å²) in [7, 11) is 0. The Morgan fingerprint density at radius 3 is 2.35 bits per heavy atom. The highest BCUT2D eigenvalue weighted by atomic mass is 35.5. The molecule has 0 aromatic heterocycles. The molecule has 0 amide bonds. The normalized spacial score (nSPS) is 12.4. The van der Waals surface area contributed by atoms with Gasteiger partial charge >= 0.3 is 0 Å². The largest absolute Gasteiger partial charge is 0.207 e. The highest BCUT2D eigenvalue weighted by Crippen LogP contribution is 2.30. The maximum absolute atomic E-state index is 13.5. The van der Waals surface area contributed by atoms with E-state index in [2.05, 4.69) is 0 Å². The predicted octanol–water partition coefficient (Wildman–Crippen LogP) is 5.00. The first-order chi connectivity index (χ1) is 8.18. The number of hydrogen-bond donors (Lipinski definition) is 0. The first-order valence-electron chi connectivity index (χ1n) is 5.30. The second-order valence-electron chi connectivity index (χ2n) is 3.78. The molecule has 0 aliphatic carbocycles. The molecule has 0 aliphatic rings. The molecule has 0 radical (unpaired) electrons. The van der Waals surface area contributed by atoms with E-state index in [0.717, 1.165) is 5.56 Å². The zero-order valence-electron chi connectivity index (χ0n) is 9.04. The first kappa shape index (κ1) is 12.4. The minimum atomic E-state index is -0.319. The highest BCUT2D eigenvalue weighted by Gasteiger charge is 2.13. The first-order valence-corrected chi connectivity index (χ1v) is 6.12. The Morgan fingerprint density at radius 1 is 1.00 bits per heavy atom. The van der Waals surface area contributed by atoms with Crippen LogP contribution in [0.5, 0.6) is 0 Å². The van der Waals surface area contributed by atoms with Gasteiger partial charge in [0.2, 0.25) is 0 Å². The number of alkyl halides is 1. The fourth-order valence-corrected chi connectivity index (χ4v) is 2.38. The number of rotatable bonds is 3. The molecule has 2 aromatic rings. The summed E-state index contributed by atoms with van der Waals surface area (Å²) in [5, 5.41) is 0.296. The van der Waals surface area contributed by atoms with Crippen molar-refractivity contribution in [2.75, 3.05) is 0 Å². The summed E-state index contributed by atoms with van der Waals surface area (Å²) in [5.41, 5.74) is 1.44. The Kier molecular flexibility index (Phi) is 4.03. The topological polar surface area (TPSA) is 0 Å². The average molecular weight is 269 g/mol. The Balaban J connectivity index is 2.20. The molecule has 2 aromatic carbocycles. The minimum absolute atomic E-state index is 0.231. The van der Waals surface area contributed by atoms with Crippen LogP contribution < -0.4 is 0 Å². The molecule has 1 atom stereocenters. The van der Waals surface area contributed by atoms with Crippen LogP contribution in [0.2, 0.25) is 5.02 Å². The third-order valence-corrected chi connectivity index (χ3v) is 3.33. The fourth-order valence-electron chi connectivity index (χ4n) is 1.70. The van der Waals surface area contributed by atoms with Gasteiger partial charge in [-0.25, -0.2) is 4.39 Å². The number of benzene rings is 2.